The molecule has 3 N–H and O–H groups in total. The molecule has 1 aromatic carbocycles. The van der Waals surface area contributed by atoms with Crippen LogP contribution in [0.3, 0.4) is 0 Å². The molecule has 0 atom stereocenters. The van der Waals surface area contributed by atoms with Crippen LogP contribution in [0.25, 0.3) is 11.4 Å². The number of hydrogen-bond donors (Lipinski definition) is 2. The van der Waals surface area contributed by atoms with E-state index in [2.05, 4.69) is 38.2 Å². The second-order valence-corrected chi connectivity index (χ2v) is 4.88. The first-order chi connectivity index (χ1) is 8.63. The van der Waals surface area contributed by atoms with Gasteiger partial charge in [0.25, 0.3) is 0 Å². The molecule has 4 nitrogen and oxygen atoms in total. The molecule has 2 aromatic rings. The number of anilines is 1. The molecule has 0 spiro atoms. The van der Waals surface area contributed by atoms with Crippen molar-refractivity contribution >= 4 is 21.7 Å². The van der Waals surface area contributed by atoms with Crippen LogP contribution in [-0.2, 0) is 6.42 Å². The number of aryl methyl sites for hydroxylation is 2. The highest BCUT2D eigenvalue weighted by Gasteiger charge is 2.07. The summed E-state index contributed by atoms with van der Waals surface area (Å²) in [5.74, 6) is 6.74. The molecule has 0 aliphatic heterocycles. The maximum Gasteiger partial charge on any atom is 0.161 e. The van der Waals surface area contributed by atoms with Gasteiger partial charge in [-0.3, -0.25) is 0 Å². The number of hydrazine groups is 1. The van der Waals surface area contributed by atoms with Crippen LogP contribution in [0.1, 0.15) is 18.2 Å². The molecule has 0 fully saturated rings. The van der Waals surface area contributed by atoms with Gasteiger partial charge >= 0.3 is 0 Å². The fourth-order valence-electron chi connectivity index (χ4n) is 1.61. The maximum atomic E-state index is 5.42. The van der Waals surface area contributed by atoms with Crippen molar-refractivity contribution in [3.8, 4) is 11.4 Å². The van der Waals surface area contributed by atoms with E-state index in [1.165, 1.54) is 5.56 Å². The first-order valence-corrected chi connectivity index (χ1v) is 6.54. The number of nitrogens with two attached hydrogens (primary N) is 1. The highest BCUT2D eigenvalue weighted by Crippen LogP contribution is 2.24. The van der Waals surface area contributed by atoms with Crippen LogP contribution in [0.2, 0.25) is 0 Å². The monoisotopic (exact) mass is 306 g/mol. The molecule has 0 aliphatic rings. The van der Waals surface area contributed by atoms with Gasteiger partial charge in [0.05, 0.1) is 0 Å². The Balaban J connectivity index is 2.51. The predicted molar refractivity (Wildman–Crippen MR) is 77.1 cm³/mol. The SMILES string of the molecule is CCc1cc(NN)nc(-c2ccc(C)c(Br)c2)n1. The number of nitrogen functional groups attached to an aromatic ring is 1. The number of rotatable bonds is 3. The van der Waals surface area contributed by atoms with Crippen LogP contribution in [0.15, 0.2) is 28.7 Å². The van der Waals surface area contributed by atoms with Gasteiger partial charge in [-0.25, -0.2) is 15.8 Å². The average Bonchev–Trinajstić information content (AvgIpc) is 2.41. The van der Waals surface area contributed by atoms with Crippen LogP contribution >= 0.6 is 15.9 Å². The van der Waals surface area contributed by atoms with Crippen molar-refractivity contribution < 1.29 is 0 Å². The quantitative estimate of drug-likeness (QED) is 0.676. The Kier molecular flexibility index (Phi) is 3.93. The minimum absolute atomic E-state index is 0.633. The third-order valence-electron chi connectivity index (χ3n) is 2.72. The van der Waals surface area contributed by atoms with Crippen molar-refractivity contribution in [3.63, 3.8) is 0 Å². The Morgan fingerprint density at radius 1 is 1.28 bits per heavy atom. The van der Waals surface area contributed by atoms with Gasteiger partial charge in [0.1, 0.15) is 5.82 Å². The summed E-state index contributed by atoms with van der Waals surface area (Å²) in [6.45, 7) is 4.10. The lowest BCUT2D eigenvalue weighted by atomic mass is 10.1. The Hall–Kier alpha value is -1.46. The standard InChI is InChI=1S/C13H15BrN4/c1-3-10-7-12(18-15)17-13(16-10)9-5-4-8(2)11(14)6-9/h4-7H,3,15H2,1-2H3,(H,16,17,18). The highest BCUT2D eigenvalue weighted by atomic mass is 79.9. The number of nitrogens with zero attached hydrogens (tertiary/aromatic N) is 2. The lowest BCUT2D eigenvalue weighted by Crippen LogP contribution is -2.10. The third-order valence-corrected chi connectivity index (χ3v) is 3.57. The summed E-state index contributed by atoms with van der Waals surface area (Å²) in [5, 5.41) is 0. The van der Waals surface area contributed by atoms with Crippen LogP contribution < -0.4 is 11.3 Å². The van der Waals surface area contributed by atoms with E-state index in [1.54, 1.807) is 0 Å². The second-order valence-electron chi connectivity index (χ2n) is 4.03. The largest absolute Gasteiger partial charge is 0.308 e. The molecule has 0 aliphatic carbocycles. The molecular weight excluding hydrogens is 292 g/mol. The molecule has 0 radical (unpaired) electrons. The molecule has 0 saturated carbocycles. The summed E-state index contributed by atoms with van der Waals surface area (Å²) >= 11 is 3.52. The van der Waals surface area contributed by atoms with Crippen molar-refractivity contribution in [3.05, 3.63) is 40.0 Å². The smallest absolute Gasteiger partial charge is 0.161 e. The van der Waals surface area contributed by atoms with Gasteiger partial charge in [0.2, 0.25) is 0 Å². The summed E-state index contributed by atoms with van der Waals surface area (Å²) in [4.78, 5) is 8.89. The van der Waals surface area contributed by atoms with E-state index in [4.69, 9.17) is 5.84 Å². The van der Waals surface area contributed by atoms with E-state index in [0.29, 0.717) is 11.6 Å². The molecule has 0 unspecified atom stereocenters. The predicted octanol–water partition coefficient (Wildman–Crippen LogP) is 3.06. The highest BCUT2D eigenvalue weighted by molar-refractivity contribution is 9.10. The number of hydrogen-bond acceptors (Lipinski definition) is 4. The number of halogens is 1. The Morgan fingerprint density at radius 2 is 2.06 bits per heavy atom. The van der Waals surface area contributed by atoms with Gasteiger partial charge in [0, 0.05) is 21.8 Å². The average molecular weight is 307 g/mol. The molecule has 1 heterocycles. The summed E-state index contributed by atoms with van der Waals surface area (Å²) in [7, 11) is 0. The van der Waals surface area contributed by atoms with Gasteiger partial charge in [-0.05, 0) is 25.0 Å². The van der Waals surface area contributed by atoms with Crippen LogP contribution in [0, 0.1) is 6.92 Å². The third kappa shape index (κ3) is 2.68. The van der Waals surface area contributed by atoms with Gasteiger partial charge in [0.15, 0.2) is 5.82 Å². The Labute approximate surface area is 115 Å². The van der Waals surface area contributed by atoms with Gasteiger partial charge in [-0.1, -0.05) is 35.0 Å². The molecule has 0 saturated heterocycles. The molecular formula is C13H15BrN4. The molecule has 2 rings (SSSR count). The van der Waals surface area contributed by atoms with E-state index in [9.17, 15) is 0 Å². The van der Waals surface area contributed by atoms with Crippen molar-refractivity contribution in [1.82, 2.24) is 9.97 Å². The van der Waals surface area contributed by atoms with Gasteiger partial charge in [-0.2, -0.15) is 0 Å². The van der Waals surface area contributed by atoms with Crippen LogP contribution in [0.4, 0.5) is 5.82 Å². The summed E-state index contributed by atoms with van der Waals surface area (Å²) < 4.78 is 1.05. The van der Waals surface area contributed by atoms with Crippen molar-refractivity contribution in [1.29, 1.82) is 0 Å². The van der Waals surface area contributed by atoms with E-state index in [-0.39, 0.29) is 0 Å². The Morgan fingerprint density at radius 3 is 2.67 bits per heavy atom. The maximum absolute atomic E-state index is 5.42. The number of nitrogens with one attached hydrogen (secondary N) is 1. The molecule has 0 amide bonds. The summed E-state index contributed by atoms with van der Waals surface area (Å²) in [5.41, 5.74) is 5.69. The van der Waals surface area contributed by atoms with Crippen LogP contribution in [0.5, 0.6) is 0 Å². The van der Waals surface area contributed by atoms with Crippen molar-refractivity contribution in [2.24, 2.45) is 5.84 Å². The van der Waals surface area contributed by atoms with E-state index >= 15 is 0 Å². The summed E-state index contributed by atoms with van der Waals surface area (Å²) in [6, 6.07) is 7.92. The molecule has 94 valence electrons. The first kappa shape index (κ1) is 13.0. The van der Waals surface area contributed by atoms with Crippen molar-refractivity contribution in [2.75, 3.05) is 5.43 Å². The lowest BCUT2D eigenvalue weighted by molar-refractivity contribution is 1.00. The van der Waals surface area contributed by atoms with Crippen molar-refractivity contribution in [2.45, 2.75) is 20.3 Å². The molecule has 0 bridgehead atoms. The fraction of sp³-hybridized carbons (Fsp3) is 0.231. The molecule has 1 aromatic heterocycles. The first-order valence-electron chi connectivity index (χ1n) is 5.75. The van der Waals surface area contributed by atoms with Gasteiger partial charge < -0.3 is 5.43 Å². The van der Waals surface area contributed by atoms with E-state index in [1.807, 2.05) is 31.2 Å². The van der Waals surface area contributed by atoms with Crippen LogP contribution in [-0.4, -0.2) is 9.97 Å². The Bertz CT molecular complexity index is 547. The number of benzene rings is 1. The minimum Gasteiger partial charge on any atom is -0.308 e. The molecule has 18 heavy (non-hydrogen) atoms. The van der Waals surface area contributed by atoms with Gasteiger partial charge in [-0.15, -0.1) is 0 Å². The zero-order chi connectivity index (χ0) is 13.1. The number of aromatic nitrogens is 2. The normalized spacial score (nSPS) is 10.4. The molecule has 5 heteroatoms. The summed E-state index contributed by atoms with van der Waals surface area (Å²) in [6.07, 6.45) is 0.844. The minimum atomic E-state index is 0.633. The topological polar surface area (TPSA) is 63.8 Å². The second kappa shape index (κ2) is 5.46. The zero-order valence-electron chi connectivity index (χ0n) is 10.4. The van der Waals surface area contributed by atoms with E-state index < -0.39 is 0 Å². The van der Waals surface area contributed by atoms with E-state index in [0.717, 1.165) is 22.2 Å². The fourth-order valence-corrected chi connectivity index (χ4v) is 1.99. The lowest BCUT2D eigenvalue weighted by Gasteiger charge is -2.07. The zero-order valence-corrected chi connectivity index (χ0v) is 12.0.